The third-order valence-corrected chi connectivity index (χ3v) is 8.51. The van der Waals surface area contributed by atoms with Gasteiger partial charge in [-0.2, -0.15) is 0 Å². The molecule has 0 N–H and O–H groups in total. The Hall–Kier alpha value is -4.33. The molecule has 2 aliphatic rings. The van der Waals surface area contributed by atoms with Gasteiger partial charge in [0.25, 0.3) is 0 Å². The third kappa shape index (κ3) is 4.76. The summed E-state index contributed by atoms with van der Waals surface area (Å²) in [5.41, 5.74) is 4.00. The van der Waals surface area contributed by atoms with Gasteiger partial charge >= 0.3 is 29.6 Å². The smallest absolute Gasteiger partial charge is 0.744 e. The van der Waals surface area contributed by atoms with Gasteiger partial charge in [-0.1, -0.05) is 78.9 Å². The van der Waals surface area contributed by atoms with E-state index in [9.17, 15) is 13.0 Å². The van der Waals surface area contributed by atoms with Gasteiger partial charge in [0.15, 0.2) is 0 Å². The van der Waals surface area contributed by atoms with Crippen LogP contribution in [0, 0.1) is 0 Å². The molecule has 11 nitrogen and oxygen atoms in total. The van der Waals surface area contributed by atoms with Crippen LogP contribution in [0.25, 0.3) is 89.7 Å². The van der Waals surface area contributed by atoms with Gasteiger partial charge in [0.2, 0.25) is 0 Å². The Bertz CT molecular complexity index is 2670. The van der Waals surface area contributed by atoms with Crippen molar-refractivity contribution in [2.45, 2.75) is 4.90 Å². The molecule has 0 fully saturated rings. The van der Waals surface area contributed by atoms with Crippen molar-refractivity contribution in [3.63, 3.8) is 0 Å². The van der Waals surface area contributed by atoms with Crippen LogP contribution in [0.5, 0.6) is 0 Å². The van der Waals surface area contributed by atoms with Crippen molar-refractivity contribution in [2.24, 2.45) is 0 Å². The Morgan fingerprint density at radius 1 is 0.478 bits per heavy atom. The molecule has 9 rings (SSSR count). The molecule has 7 aromatic rings. The SMILES string of the molecule is O=S(=O)([O-])c1ccc2c(c1)-c1nc-2nc2[n-]c(nc3nc(nc4[n-]c(n1)c1ccccc41)-c1ccccc1-3)c1ccccc21.[Cu].[Na+]. The number of hydrogen-bond acceptors (Lipinski definition) is 9. The van der Waals surface area contributed by atoms with Crippen LogP contribution >= 0.6 is 0 Å². The van der Waals surface area contributed by atoms with E-state index in [1.807, 2.05) is 72.8 Å². The minimum Gasteiger partial charge on any atom is -0.744 e. The number of hydrogen-bond donors (Lipinski definition) is 0. The number of aromatic nitrogens is 8. The average molecular weight is 678 g/mol. The second kappa shape index (κ2) is 11.2. The molecule has 0 aliphatic carbocycles. The normalized spacial score (nSPS) is 11.8. The number of benzene rings is 4. The molecule has 1 radical (unpaired) electrons. The van der Waals surface area contributed by atoms with Crippen LogP contribution < -0.4 is 39.5 Å². The van der Waals surface area contributed by atoms with E-state index in [4.69, 9.17) is 39.9 Å². The standard InChI is InChI=1S/C32H16N8O3S.Cu.Na/c41-44(42,43)16-13-14-23-24(15-16)32-39-30-22-12-6-5-11-21(22)28(37-30)35-26-18-8-2-1-7-17(18)25(33-26)34-27-19-9-3-4-10-20(19)29(36-27)38-31(23)40-32;;/h1-15H,(H-2,33,34,35,36,37,38,39,40,41,42,43);;/q-2;;+1/p-1. The van der Waals surface area contributed by atoms with E-state index in [0.717, 1.165) is 27.3 Å². The van der Waals surface area contributed by atoms with Gasteiger partial charge in [-0.05, 0) is 33.7 Å². The second-order valence-corrected chi connectivity index (χ2v) is 11.7. The van der Waals surface area contributed by atoms with E-state index in [1.54, 1.807) is 0 Å². The summed E-state index contributed by atoms with van der Waals surface area (Å²) in [6, 6.07) is 26.8. The molecule has 0 saturated heterocycles. The van der Waals surface area contributed by atoms with Gasteiger partial charge in [0.05, 0.1) is 28.2 Å². The third-order valence-electron chi connectivity index (χ3n) is 7.68. The summed E-state index contributed by atoms with van der Waals surface area (Å²) in [5, 5.41) is 2.98. The van der Waals surface area contributed by atoms with Gasteiger partial charge in [0, 0.05) is 61.9 Å². The first-order chi connectivity index (χ1) is 21.4. The van der Waals surface area contributed by atoms with Gasteiger partial charge in [0.1, 0.15) is 10.1 Å². The molecule has 0 saturated carbocycles. The van der Waals surface area contributed by atoms with E-state index in [2.05, 4.69) is 0 Å². The van der Waals surface area contributed by atoms with Gasteiger partial charge in [-0.3, -0.25) is 0 Å². The average Bonchev–Trinajstić information content (AvgIpc) is 3.76. The predicted octanol–water partition coefficient (Wildman–Crippen LogP) is 2.03. The summed E-state index contributed by atoms with van der Waals surface area (Å²) in [6.45, 7) is 0. The topological polar surface area (TPSA) is 163 Å². The number of rotatable bonds is 1. The minimum atomic E-state index is -4.74. The molecular formula is C32H15CuN8NaO3S-2. The molecule has 8 bridgehead atoms. The van der Waals surface area contributed by atoms with Crippen LogP contribution in [-0.2, 0) is 27.2 Å². The van der Waals surface area contributed by atoms with Crippen LogP contribution in [0.1, 0.15) is 0 Å². The predicted molar refractivity (Wildman–Crippen MR) is 162 cm³/mol. The van der Waals surface area contributed by atoms with Gasteiger partial charge < -0.3 is 34.5 Å². The molecule has 0 spiro atoms. The molecule has 0 unspecified atom stereocenters. The Balaban J connectivity index is 0.00000169. The quantitative estimate of drug-likeness (QED) is 0.185. The van der Waals surface area contributed by atoms with Crippen LogP contribution in [0.4, 0.5) is 0 Å². The molecule has 0 amide bonds. The maximum absolute atomic E-state index is 11.9. The minimum absolute atomic E-state index is 0. The van der Waals surface area contributed by atoms with E-state index < -0.39 is 15.0 Å². The molecule has 0 atom stereocenters. The Morgan fingerprint density at radius 3 is 1.22 bits per heavy atom. The Kier molecular flexibility index (Phi) is 7.37. The Morgan fingerprint density at radius 2 is 0.826 bits per heavy atom. The first-order valence-electron chi connectivity index (χ1n) is 13.5. The van der Waals surface area contributed by atoms with Crippen molar-refractivity contribution in [2.75, 3.05) is 0 Å². The molecule has 46 heavy (non-hydrogen) atoms. The first kappa shape index (κ1) is 30.3. The summed E-state index contributed by atoms with van der Waals surface area (Å²) >= 11 is 0. The van der Waals surface area contributed by atoms with Crippen molar-refractivity contribution in [3.8, 4) is 45.6 Å². The maximum Gasteiger partial charge on any atom is 1.00 e. The van der Waals surface area contributed by atoms with E-state index in [-0.39, 0.29) is 58.3 Å². The van der Waals surface area contributed by atoms with Crippen molar-refractivity contribution in [1.29, 1.82) is 0 Å². The molecule has 221 valence electrons. The zero-order valence-corrected chi connectivity index (χ0v) is 27.4. The van der Waals surface area contributed by atoms with Crippen molar-refractivity contribution >= 4 is 54.3 Å². The van der Waals surface area contributed by atoms with Crippen LogP contribution in [0.2, 0.25) is 0 Å². The fourth-order valence-corrected chi connectivity index (χ4v) is 6.14. The largest absolute Gasteiger partial charge is 1.00 e. The van der Waals surface area contributed by atoms with E-state index in [0.29, 0.717) is 50.8 Å². The van der Waals surface area contributed by atoms with Crippen LogP contribution in [0.15, 0.2) is 95.9 Å². The molecule has 3 aromatic heterocycles. The van der Waals surface area contributed by atoms with Crippen molar-refractivity contribution in [1.82, 2.24) is 39.9 Å². The fourth-order valence-electron chi connectivity index (χ4n) is 5.64. The summed E-state index contributed by atoms with van der Waals surface area (Å²) in [6.07, 6.45) is 0. The second-order valence-electron chi connectivity index (χ2n) is 10.3. The summed E-state index contributed by atoms with van der Waals surface area (Å²) < 4.78 is 35.8. The molecule has 14 heteroatoms. The summed E-state index contributed by atoms with van der Waals surface area (Å²) in [7, 11) is -4.74. The van der Waals surface area contributed by atoms with Crippen LogP contribution in [0.3, 0.4) is 0 Å². The first-order valence-corrected chi connectivity index (χ1v) is 14.9. The van der Waals surface area contributed by atoms with E-state index >= 15 is 0 Å². The molecule has 2 aliphatic heterocycles. The Labute approximate surface area is 293 Å². The molecular weight excluding hydrogens is 663 g/mol. The fraction of sp³-hybridized carbons (Fsp3) is 0. The zero-order valence-electron chi connectivity index (χ0n) is 23.7. The molecule has 4 aromatic carbocycles. The van der Waals surface area contributed by atoms with Gasteiger partial charge in [-0.15, -0.1) is 0 Å². The monoisotopic (exact) mass is 677 g/mol. The van der Waals surface area contributed by atoms with E-state index in [1.165, 1.54) is 18.2 Å². The zero-order chi connectivity index (χ0) is 29.6. The maximum atomic E-state index is 11.9. The molecule has 5 heterocycles. The van der Waals surface area contributed by atoms with Crippen molar-refractivity contribution < 1.29 is 59.6 Å². The summed E-state index contributed by atoms with van der Waals surface area (Å²) in [4.78, 5) is 38.0. The van der Waals surface area contributed by atoms with Gasteiger partial charge in [-0.25, -0.2) is 18.4 Å². The number of nitrogens with zero attached hydrogens (tertiary/aromatic N) is 8. The van der Waals surface area contributed by atoms with Crippen molar-refractivity contribution in [3.05, 3.63) is 91.0 Å². The van der Waals surface area contributed by atoms with Crippen LogP contribution in [-0.4, -0.2) is 42.9 Å². The number of fused-ring (bicyclic) bond motifs is 20. The summed E-state index contributed by atoms with van der Waals surface area (Å²) in [5.74, 6) is 1.33.